The fourth-order valence-corrected chi connectivity index (χ4v) is 3.00. The molecule has 1 aromatic heterocycles. The number of aromatic hydroxyl groups is 1. The van der Waals surface area contributed by atoms with Gasteiger partial charge in [0, 0.05) is 11.4 Å². The number of thiocarbonyl (C=S) groups is 1. The summed E-state index contributed by atoms with van der Waals surface area (Å²) in [7, 11) is 0. The number of nitrogens with one attached hydrogen (secondary N) is 2. The van der Waals surface area contributed by atoms with Gasteiger partial charge in [0.05, 0.1) is 5.52 Å². The second-order valence-corrected chi connectivity index (χ2v) is 5.88. The van der Waals surface area contributed by atoms with Gasteiger partial charge in [-0.25, -0.2) is 4.39 Å². The standard InChI is InChI=1S/C15H17FN4OS/c16-9-6-7-11-12(8-9)18-14(21)13(11)19-20-15(22)17-10-4-2-1-3-5-10/h6-8,10,18,21H,1-5H2,(H,17,22). The van der Waals surface area contributed by atoms with Crippen molar-refractivity contribution in [2.45, 2.75) is 38.1 Å². The van der Waals surface area contributed by atoms with Gasteiger partial charge in [0.15, 0.2) is 5.69 Å². The smallest absolute Gasteiger partial charge is 0.218 e. The third-order valence-electron chi connectivity index (χ3n) is 3.89. The largest absolute Gasteiger partial charge is 0.493 e. The van der Waals surface area contributed by atoms with E-state index < -0.39 is 0 Å². The van der Waals surface area contributed by atoms with E-state index in [1.807, 2.05) is 0 Å². The zero-order chi connectivity index (χ0) is 15.5. The first-order valence-corrected chi connectivity index (χ1v) is 7.77. The number of nitrogens with zero attached hydrogens (tertiary/aromatic N) is 2. The molecule has 0 atom stereocenters. The van der Waals surface area contributed by atoms with Crippen molar-refractivity contribution < 1.29 is 9.50 Å². The van der Waals surface area contributed by atoms with Gasteiger partial charge in [-0.2, -0.15) is 0 Å². The summed E-state index contributed by atoms with van der Waals surface area (Å²) in [6.45, 7) is 0. The van der Waals surface area contributed by atoms with E-state index in [0.29, 0.717) is 22.1 Å². The third kappa shape index (κ3) is 3.24. The summed E-state index contributed by atoms with van der Waals surface area (Å²) >= 11 is 5.17. The van der Waals surface area contributed by atoms with Gasteiger partial charge in [0.25, 0.3) is 0 Å². The number of benzene rings is 1. The van der Waals surface area contributed by atoms with Crippen LogP contribution in [0, 0.1) is 5.82 Å². The van der Waals surface area contributed by atoms with Crippen molar-refractivity contribution in [3.8, 4) is 5.88 Å². The Bertz CT molecular complexity index is 722. The van der Waals surface area contributed by atoms with Crippen LogP contribution in [0.15, 0.2) is 28.4 Å². The molecule has 3 rings (SSSR count). The number of hydrogen-bond acceptors (Lipinski definition) is 3. The molecule has 0 amide bonds. The van der Waals surface area contributed by atoms with Crippen LogP contribution in [-0.4, -0.2) is 21.2 Å². The molecule has 1 aliphatic rings. The molecule has 1 saturated carbocycles. The van der Waals surface area contributed by atoms with Crippen LogP contribution in [0.4, 0.5) is 10.1 Å². The first-order chi connectivity index (χ1) is 10.6. The van der Waals surface area contributed by atoms with Crippen LogP contribution in [0.5, 0.6) is 5.88 Å². The maximum Gasteiger partial charge on any atom is 0.218 e. The minimum Gasteiger partial charge on any atom is -0.493 e. The molecule has 5 nitrogen and oxygen atoms in total. The van der Waals surface area contributed by atoms with Gasteiger partial charge in [0.2, 0.25) is 11.0 Å². The Kier molecular flexibility index (Phi) is 4.33. The summed E-state index contributed by atoms with van der Waals surface area (Å²) in [6, 6.07) is 4.51. The number of hydrogen-bond donors (Lipinski definition) is 3. The van der Waals surface area contributed by atoms with E-state index in [1.165, 1.54) is 31.4 Å². The molecule has 1 aliphatic carbocycles. The maximum atomic E-state index is 13.2. The summed E-state index contributed by atoms with van der Waals surface area (Å²) in [5.74, 6) is -0.531. The van der Waals surface area contributed by atoms with Crippen molar-refractivity contribution >= 4 is 33.9 Å². The van der Waals surface area contributed by atoms with Crippen molar-refractivity contribution in [3.63, 3.8) is 0 Å². The van der Waals surface area contributed by atoms with E-state index in [-0.39, 0.29) is 17.4 Å². The predicted octanol–water partition coefficient (Wildman–Crippen LogP) is 4.30. The van der Waals surface area contributed by atoms with E-state index in [4.69, 9.17) is 12.2 Å². The van der Waals surface area contributed by atoms with Crippen LogP contribution in [0.2, 0.25) is 0 Å². The monoisotopic (exact) mass is 320 g/mol. The Balaban J connectivity index is 1.74. The highest BCUT2D eigenvalue weighted by Crippen LogP contribution is 2.35. The Morgan fingerprint density at radius 1 is 1.32 bits per heavy atom. The quantitative estimate of drug-likeness (QED) is 0.570. The van der Waals surface area contributed by atoms with E-state index in [0.717, 1.165) is 12.8 Å². The average Bonchev–Trinajstić information content (AvgIpc) is 2.80. The molecule has 22 heavy (non-hydrogen) atoms. The topological polar surface area (TPSA) is 72.8 Å². The maximum absolute atomic E-state index is 13.2. The van der Waals surface area contributed by atoms with Gasteiger partial charge in [-0.05, 0) is 43.3 Å². The lowest BCUT2D eigenvalue weighted by molar-refractivity contribution is 0.414. The Morgan fingerprint density at radius 2 is 2.09 bits per heavy atom. The van der Waals surface area contributed by atoms with Crippen molar-refractivity contribution in [3.05, 3.63) is 24.0 Å². The molecule has 0 saturated heterocycles. The van der Waals surface area contributed by atoms with Crippen LogP contribution >= 0.6 is 12.2 Å². The lowest BCUT2D eigenvalue weighted by Crippen LogP contribution is -2.33. The van der Waals surface area contributed by atoms with Crippen molar-refractivity contribution in [1.82, 2.24) is 10.3 Å². The Hall–Kier alpha value is -2.02. The molecule has 0 aliphatic heterocycles. The lowest BCUT2D eigenvalue weighted by atomic mass is 9.96. The van der Waals surface area contributed by atoms with Crippen LogP contribution in [0.3, 0.4) is 0 Å². The van der Waals surface area contributed by atoms with Gasteiger partial charge in [-0.1, -0.05) is 19.3 Å². The highest BCUT2D eigenvalue weighted by molar-refractivity contribution is 7.80. The van der Waals surface area contributed by atoms with Crippen LogP contribution in [0.1, 0.15) is 32.1 Å². The molecule has 2 aromatic rings. The average molecular weight is 320 g/mol. The molecule has 0 bridgehead atoms. The zero-order valence-electron chi connectivity index (χ0n) is 12.0. The Labute approximate surface area is 132 Å². The highest BCUT2D eigenvalue weighted by Gasteiger charge is 2.14. The number of H-pyrrole nitrogens is 1. The molecule has 116 valence electrons. The summed E-state index contributed by atoms with van der Waals surface area (Å²) in [4.78, 5) is 2.67. The van der Waals surface area contributed by atoms with Gasteiger partial charge in [-0.15, -0.1) is 10.2 Å². The van der Waals surface area contributed by atoms with Crippen molar-refractivity contribution in [2.75, 3.05) is 0 Å². The van der Waals surface area contributed by atoms with Crippen LogP contribution < -0.4 is 5.32 Å². The second-order valence-electron chi connectivity index (χ2n) is 5.50. The zero-order valence-corrected chi connectivity index (χ0v) is 12.8. The van der Waals surface area contributed by atoms with Crippen molar-refractivity contribution in [2.24, 2.45) is 10.2 Å². The minimum absolute atomic E-state index is 0.148. The van der Waals surface area contributed by atoms with Gasteiger partial charge >= 0.3 is 0 Å². The first kappa shape index (κ1) is 14.9. The van der Waals surface area contributed by atoms with E-state index in [9.17, 15) is 9.50 Å². The van der Waals surface area contributed by atoms with Gasteiger partial charge in [-0.3, -0.25) is 0 Å². The molecule has 0 unspecified atom stereocenters. The molecule has 0 spiro atoms. The summed E-state index contributed by atoms with van der Waals surface area (Å²) in [5.41, 5.74) is 0.736. The number of azo groups is 1. The van der Waals surface area contributed by atoms with Crippen LogP contribution in [-0.2, 0) is 0 Å². The van der Waals surface area contributed by atoms with E-state index >= 15 is 0 Å². The normalized spacial score (nSPS) is 16.4. The number of fused-ring (bicyclic) bond motifs is 1. The number of rotatable bonds is 2. The molecule has 7 heteroatoms. The molecule has 1 fully saturated rings. The fraction of sp³-hybridized carbons (Fsp3) is 0.400. The molecular weight excluding hydrogens is 303 g/mol. The second kappa shape index (κ2) is 6.39. The molecule has 3 N–H and O–H groups in total. The van der Waals surface area contributed by atoms with Gasteiger partial charge in [0.1, 0.15) is 5.82 Å². The fourth-order valence-electron chi connectivity index (χ4n) is 2.79. The summed E-state index contributed by atoms with van der Waals surface area (Å²) in [5, 5.41) is 21.9. The van der Waals surface area contributed by atoms with E-state index in [2.05, 4.69) is 20.5 Å². The Morgan fingerprint density at radius 3 is 2.86 bits per heavy atom. The highest BCUT2D eigenvalue weighted by atomic mass is 32.1. The minimum atomic E-state index is -0.383. The number of aromatic nitrogens is 1. The molecule has 1 aromatic carbocycles. The van der Waals surface area contributed by atoms with E-state index in [1.54, 1.807) is 6.07 Å². The lowest BCUT2D eigenvalue weighted by Gasteiger charge is -2.22. The van der Waals surface area contributed by atoms with Crippen LogP contribution in [0.25, 0.3) is 10.9 Å². The number of halogens is 1. The third-order valence-corrected chi connectivity index (χ3v) is 4.09. The summed E-state index contributed by atoms with van der Waals surface area (Å²) < 4.78 is 13.2. The van der Waals surface area contributed by atoms with Gasteiger partial charge < -0.3 is 15.4 Å². The van der Waals surface area contributed by atoms with Crippen molar-refractivity contribution in [1.29, 1.82) is 0 Å². The SMILES string of the molecule is Oc1[nH]c2cc(F)ccc2c1N=NC(=S)NC1CCCCC1. The molecule has 0 radical (unpaired) electrons. The summed E-state index contributed by atoms with van der Waals surface area (Å²) in [6.07, 6.45) is 5.85. The molecule has 1 heterocycles. The first-order valence-electron chi connectivity index (χ1n) is 7.36. The predicted molar refractivity (Wildman–Crippen MR) is 87.0 cm³/mol. The molecular formula is C15H17FN4OS. The number of aromatic amines is 1.